The van der Waals surface area contributed by atoms with Crippen LogP contribution in [0.5, 0.6) is 0 Å². The Labute approximate surface area is 189 Å². The third-order valence-electron chi connectivity index (χ3n) is 5.16. The molecule has 1 aliphatic heterocycles. The molecule has 1 saturated heterocycles. The van der Waals surface area contributed by atoms with Gasteiger partial charge in [0, 0.05) is 13.1 Å². The predicted molar refractivity (Wildman–Crippen MR) is 116 cm³/mol. The average molecular weight is 480 g/mol. The Balaban J connectivity index is 1.77. The summed E-state index contributed by atoms with van der Waals surface area (Å²) < 4.78 is 45.2. The number of hydrogen-bond acceptors (Lipinski definition) is 7. The number of piperidine rings is 1. The van der Waals surface area contributed by atoms with E-state index in [1.54, 1.807) is 13.8 Å². The number of ether oxygens (including phenoxy) is 1. The number of carbonyl (C=O) groups is 2. The number of thiophene rings is 1. The van der Waals surface area contributed by atoms with Crippen molar-refractivity contribution >= 4 is 38.2 Å². The lowest BCUT2D eigenvalue weighted by atomic mass is 9.99. The van der Waals surface area contributed by atoms with E-state index in [1.807, 2.05) is 6.07 Å². The topological polar surface area (TPSA) is 117 Å². The molecule has 1 fully saturated rings. The van der Waals surface area contributed by atoms with E-state index in [2.05, 4.69) is 5.32 Å². The second-order valence-electron chi connectivity index (χ2n) is 7.24. The van der Waals surface area contributed by atoms with Crippen LogP contribution in [0, 0.1) is 30.0 Å². The van der Waals surface area contributed by atoms with E-state index < -0.39 is 33.6 Å². The summed E-state index contributed by atoms with van der Waals surface area (Å²) in [4.78, 5) is 25.2. The van der Waals surface area contributed by atoms with E-state index in [4.69, 9.17) is 4.74 Å². The van der Waals surface area contributed by atoms with Crippen molar-refractivity contribution in [3.8, 4) is 6.07 Å². The molecule has 3 rings (SSSR count). The lowest BCUT2D eigenvalue weighted by Gasteiger charge is -2.31. The summed E-state index contributed by atoms with van der Waals surface area (Å²) in [5.74, 6) is -2.18. The zero-order valence-electron chi connectivity index (χ0n) is 17.6. The molecule has 1 atom stereocenters. The first-order valence-electron chi connectivity index (χ1n) is 9.96. The molecule has 0 bridgehead atoms. The monoisotopic (exact) mass is 479 g/mol. The molecule has 8 nitrogen and oxygen atoms in total. The molecule has 2 heterocycles. The first-order valence-corrected chi connectivity index (χ1v) is 12.2. The van der Waals surface area contributed by atoms with Gasteiger partial charge in [-0.3, -0.25) is 4.79 Å². The number of amides is 1. The summed E-state index contributed by atoms with van der Waals surface area (Å²) in [6.45, 7) is 3.67. The van der Waals surface area contributed by atoms with Gasteiger partial charge in [0.25, 0.3) is 0 Å². The third kappa shape index (κ3) is 4.82. The van der Waals surface area contributed by atoms with Crippen LogP contribution in [-0.2, 0) is 19.6 Å². The van der Waals surface area contributed by atoms with Crippen LogP contribution >= 0.6 is 11.3 Å². The smallest absolute Gasteiger partial charge is 0.348 e. The molecule has 1 aliphatic rings. The van der Waals surface area contributed by atoms with Crippen molar-refractivity contribution in [3.05, 3.63) is 46.1 Å². The van der Waals surface area contributed by atoms with E-state index in [9.17, 15) is 27.7 Å². The fraction of sp³-hybridized carbons (Fsp3) is 0.381. The Morgan fingerprint density at radius 1 is 1.34 bits per heavy atom. The lowest BCUT2D eigenvalue weighted by Crippen LogP contribution is -2.43. The Bertz CT molecular complexity index is 1170. The van der Waals surface area contributed by atoms with Gasteiger partial charge in [0.1, 0.15) is 21.8 Å². The zero-order valence-corrected chi connectivity index (χ0v) is 19.2. The van der Waals surface area contributed by atoms with Crippen molar-refractivity contribution in [2.45, 2.75) is 31.6 Å². The fourth-order valence-electron chi connectivity index (χ4n) is 3.47. The molecule has 1 N–H and O–H groups in total. The van der Waals surface area contributed by atoms with Crippen LogP contribution in [0.15, 0.2) is 29.2 Å². The van der Waals surface area contributed by atoms with Gasteiger partial charge in [0.2, 0.25) is 15.9 Å². The maximum absolute atomic E-state index is 13.2. The number of halogens is 1. The molecular weight excluding hydrogens is 457 g/mol. The minimum absolute atomic E-state index is 0.0392. The quantitative estimate of drug-likeness (QED) is 0.636. The lowest BCUT2D eigenvalue weighted by molar-refractivity contribution is -0.120. The SMILES string of the molecule is CCOC(=O)c1sc(NC(=O)C2CCCN(S(=O)(=O)c3ccc(F)cc3)C2)c(C#N)c1C. The number of anilines is 1. The van der Waals surface area contributed by atoms with Crippen molar-refractivity contribution < 1.29 is 27.1 Å². The second kappa shape index (κ2) is 9.77. The van der Waals surface area contributed by atoms with E-state index in [0.29, 0.717) is 18.4 Å². The molecule has 0 radical (unpaired) electrons. The number of rotatable bonds is 6. The molecule has 1 amide bonds. The van der Waals surface area contributed by atoms with Crippen LogP contribution in [-0.4, -0.2) is 44.3 Å². The Kier molecular flexibility index (Phi) is 7.28. The molecule has 2 aromatic rings. The van der Waals surface area contributed by atoms with E-state index in [-0.39, 0.29) is 40.0 Å². The van der Waals surface area contributed by atoms with Crippen molar-refractivity contribution in [1.29, 1.82) is 5.26 Å². The number of nitrogens with one attached hydrogen (secondary N) is 1. The largest absolute Gasteiger partial charge is 0.462 e. The summed E-state index contributed by atoms with van der Waals surface area (Å²) in [7, 11) is -3.88. The minimum Gasteiger partial charge on any atom is -0.462 e. The first kappa shape index (κ1) is 23.8. The Hall–Kier alpha value is -2.81. The van der Waals surface area contributed by atoms with E-state index in [0.717, 1.165) is 23.5 Å². The van der Waals surface area contributed by atoms with Crippen LogP contribution in [0.3, 0.4) is 0 Å². The second-order valence-corrected chi connectivity index (χ2v) is 10.2. The summed E-state index contributed by atoms with van der Waals surface area (Å²) in [6.07, 6.45) is 0.944. The molecular formula is C21H22FN3O5S2. The van der Waals surface area contributed by atoms with E-state index in [1.165, 1.54) is 16.4 Å². The molecule has 1 unspecified atom stereocenters. The van der Waals surface area contributed by atoms with Gasteiger partial charge in [-0.25, -0.2) is 17.6 Å². The molecule has 0 saturated carbocycles. The first-order chi connectivity index (χ1) is 15.2. The zero-order chi connectivity index (χ0) is 23.5. The molecule has 32 heavy (non-hydrogen) atoms. The Morgan fingerprint density at radius 2 is 2.03 bits per heavy atom. The van der Waals surface area contributed by atoms with Gasteiger partial charge in [-0.2, -0.15) is 9.57 Å². The minimum atomic E-state index is -3.88. The van der Waals surface area contributed by atoms with Crippen LogP contribution in [0.4, 0.5) is 9.39 Å². The molecule has 1 aromatic carbocycles. The van der Waals surface area contributed by atoms with Crippen molar-refractivity contribution in [1.82, 2.24) is 4.31 Å². The summed E-state index contributed by atoms with van der Waals surface area (Å²) >= 11 is 0.959. The molecule has 0 spiro atoms. The van der Waals surface area contributed by atoms with Crippen LogP contribution in [0.25, 0.3) is 0 Å². The normalized spacial score (nSPS) is 16.9. The van der Waals surface area contributed by atoms with Crippen molar-refractivity contribution in [3.63, 3.8) is 0 Å². The highest BCUT2D eigenvalue weighted by Gasteiger charge is 2.34. The van der Waals surface area contributed by atoms with Crippen molar-refractivity contribution in [2.24, 2.45) is 5.92 Å². The van der Waals surface area contributed by atoms with Gasteiger partial charge < -0.3 is 10.1 Å². The van der Waals surface area contributed by atoms with Gasteiger partial charge in [0.15, 0.2) is 0 Å². The Morgan fingerprint density at radius 3 is 2.66 bits per heavy atom. The van der Waals surface area contributed by atoms with Gasteiger partial charge in [-0.15, -0.1) is 11.3 Å². The van der Waals surface area contributed by atoms with Crippen LogP contribution < -0.4 is 5.32 Å². The number of esters is 1. The molecule has 0 aliphatic carbocycles. The standard InChI is InChI=1S/C21H22FN3O5S2/c1-3-30-21(27)18-13(2)17(11-23)20(31-18)24-19(26)14-5-4-10-25(12-14)32(28,29)16-8-6-15(22)7-9-16/h6-9,14H,3-5,10,12H2,1-2H3,(H,24,26). The number of hydrogen-bond donors (Lipinski definition) is 1. The number of nitrogens with zero attached hydrogens (tertiary/aromatic N) is 2. The van der Waals surface area contributed by atoms with Crippen LogP contribution in [0.1, 0.15) is 40.6 Å². The summed E-state index contributed by atoms with van der Waals surface area (Å²) in [6, 6.07) is 6.53. The van der Waals surface area contributed by atoms with Gasteiger partial charge in [-0.1, -0.05) is 0 Å². The predicted octanol–water partition coefficient (Wildman–Crippen LogP) is 3.28. The third-order valence-corrected chi connectivity index (χ3v) is 8.23. The molecule has 170 valence electrons. The fourth-order valence-corrected chi connectivity index (χ4v) is 6.05. The molecule has 11 heteroatoms. The van der Waals surface area contributed by atoms with Crippen molar-refractivity contribution in [2.75, 3.05) is 25.0 Å². The maximum Gasteiger partial charge on any atom is 0.348 e. The highest BCUT2D eigenvalue weighted by molar-refractivity contribution is 7.89. The summed E-state index contributed by atoms with van der Waals surface area (Å²) in [5, 5.41) is 12.4. The van der Waals surface area contributed by atoms with E-state index >= 15 is 0 Å². The van der Waals surface area contributed by atoms with Gasteiger partial charge in [-0.05, 0) is 56.5 Å². The van der Waals surface area contributed by atoms with Crippen LogP contribution in [0.2, 0.25) is 0 Å². The molecule has 1 aromatic heterocycles. The summed E-state index contributed by atoms with van der Waals surface area (Å²) in [5.41, 5.74) is 0.605. The number of nitriles is 1. The number of sulfonamides is 1. The van der Waals surface area contributed by atoms with Gasteiger partial charge >= 0.3 is 5.97 Å². The number of benzene rings is 1. The maximum atomic E-state index is 13.2. The number of carbonyl (C=O) groups excluding carboxylic acids is 2. The average Bonchev–Trinajstić information content (AvgIpc) is 3.09. The highest BCUT2D eigenvalue weighted by atomic mass is 32.2. The van der Waals surface area contributed by atoms with Gasteiger partial charge in [0.05, 0.1) is 23.0 Å². The highest BCUT2D eigenvalue weighted by Crippen LogP contribution is 2.34.